The Kier molecular flexibility index (Phi) is 9.22. The van der Waals surface area contributed by atoms with Crippen LogP contribution < -0.4 is 14.4 Å². The van der Waals surface area contributed by atoms with Crippen molar-refractivity contribution in [1.82, 2.24) is 34.9 Å². The van der Waals surface area contributed by atoms with Gasteiger partial charge < -0.3 is 28.9 Å². The molecule has 4 aromatic rings. The fourth-order valence-corrected chi connectivity index (χ4v) is 6.19. The van der Waals surface area contributed by atoms with Crippen LogP contribution in [-0.4, -0.2) is 106 Å². The van der Waals surface area contributed by atoms with Crippen LogP contribution in [-0.2, 0) is 9.53 Å². The summed E-state index contributed by atoms with van der Waals surface area (Å²) in [5.74, 6) is -0.0359. The van der Waals surface area contributed by atoms with Crippen molar-refractivity contribution in [3.05, 3.63) is 47.0 Å². The Bertz CT molecular complexity index is 1730. The van der Waals surface area contributed by atoms with Crippen LogP contribution in [0.4, 0.5) is 10.2 Å². The lowest BCUT2D eigenvalue weighted by molar-refractivity contribution is -0.126. The number of nitrogens with one attached hydrogen (secondary N) is 1. The van der Waals surface area contributed by atoms with Gasteiger partial charge in [0.25, 0.3) is 0 Å². The van der Waals surface area contributed by atoms with Crippen molar-refractivity contribution >= 4 is 56.7 Å². The SMILES string of the molecule is C=CC(=O)N1CCN(c2nc(OC3CCN(CCOC)C[C@H]3C)nc3c(Oc4c(Cl)c(F)cc5[nH]ncc45)nc(Cl)cc23)CC1. The fraction of sp³-hybridized carbons (Fsp3) is 0.433. The molecule has 1 amide bonds. The predicted molar refractivity (Wildman–Crippen MR) is 169 cm³/mol. The maximum absolute atomic E-state index is 14.8. The number of amides is 1. The first-order chi connectivity index (χ1) is 21.7. The number of benzene rings is 1. The van der Waals surface area contributed by atoms with E-state index in [1.807, 2.05) is 4.90 Å². The quantitative estimate of drug-likeness (QED) is 0.200. The number of methoxy groups -OCH3 is 1. The lowest BCUT2D eigenvalue weighted by atomic mass is 9.96. The zero-order valence-corrected chi connectivity index (χ0v) is 26.4. The van der Waals surface area contributed by atoms with E-state index in [9.17, 15) is 9.18 Å². The average Bonchev–Trinajstić information content (AvgIpc) is 3.51. The monoisotopic (exact) mass is 658 g/mol. The number of H-pyrrole nitrogens is 1. The summed E-state index contributed by atoms with van der Waals surface area (Å²) in [5.41, 5.74) is 0.710. The van der Waals surface area contributed by atoms with Crippen LogP contribution in [0.15, 0.2) is 31.0 Å². The van der Waals surface area contributed by atoms with E-state index in [-0.39, 0.29) is 45.7 Å². The molecule has 0 aliphatic carbocycles. The molecule has 3 aromatic heterocycles. The van der Waals surface area contributed by atoms with E-state index in [4.69, 9.17) is 47.4 Å². The molecule has 0 saturated carbocycles. The first-order valence-corrected chi connectivity index (χ1v) is 15.4. The fourth-order valence-electron chi connectivity index (χ4n) is 5.81. The van der Waals surface area contributed by atoms with E-state index >= 15 is 0 Å². The molecule has 1 N–H and O–H groups in total. The van der Waals surface area contributed by atoms with Crippen LogP contribution in [0.25, 0.3) is 21.8 Å². The van der Waals surface area contributed by atoms with Gasteiger partial charge in [-0.15, -0.1) is 0 Å². The highest BCUT2D eigenvalue weighted by Crippen LogP contribution is 2.41. The van der Waals surface area contributed by atoms with Crippen LogP contribution in [0.3, 0.4) is 0 Å². The van der Waals surface area contributed by atoms with Gasteiger partial charge in [0.05, 0.1) is 29.1 Å². The number of ether oxygens (including phenoxy) is 3. The van der Waals surface area contributed by atoms with E-state index in [0.717, 1.165) is 26.1 Å². The number of pyridine rings is 1. The molecule has 45 heavy (non-hydrogen) atoms. The number of piperidine rings is 1. The van der Waals surface area contributed by atoms with Crippen molar-refractivity contribution in [1.29, 1.82) is 0 Å². The number of carbonyl (C=O) groups excluding carboxylic acids is 1. The van der Waals surface area contributed by atoms with Gasteiger partial charge >= 0.3 is 6.01 Å². The van der Waals surface area contributed by atoms with Crippen LogP contribution in [0.1, 0.15) is 13.3 Å². The summed E-state index contributed by atoms with van der Waals surface area (Å²) in [6.07, 6.45) is 3.45. The number of nitrogens with zero attached hydrogens (tertiary/aromatic N) is 7. The summed E-state index contributed by atoms with van der Waals surface area (Å²) in [4.78, 5) is 32.4. The third kappa shape index (κ3) is 6.48. The molecule has 2 aliphatic heterocycles. The molecule has 1 unspecified atom stereocenters. The van der Waals surface area contributed by atoms with Gasteiger partial charge in [-0.3, -0.25) is 9.89 Å². The lowest BCUT2D eigenvalue weighted by Crippen LogP contribution is -2.48. The highest BCUT2D eigenvalue weighted by Gasteiger charge is 2.30. The number of piperazine rings is 1. The molecule has 15 heteroatoms. The number of halogens is 3. The molecular formula is C30H33Cl2FN8O4. The third-order valence-electron chi connectivity index (χ3n) is 8.22. The van der Waals surface area contributed by atoms with Crippen LogP contribution in [0, 0.1) is 11.7 Å². The van der Waals surface area contributed by atoms with Crippen molar-refractivity contribution in [3.63, 3.8) is 0 Å². The lowest BCUT2D eigenvalue weighted by Gasteiger charge is -2.37. The van der Waals surface area contributed by atoms with Crippen molar-refractivity contribution in [2.45, 2.75) is 19.4 Å². The number of hydrogen-bond donors (Lipinski definition) is 1. The topological polar surface area (TPSA) is 122 Å². The highest BCUT2D eigenvalue weighted by atomic mass is 35.5. The number of anilines is 1. The average molecular weight is 660 g/mol. The van der Waals surface area contributed by atoms with Crippen molar-refractivity contribution < 1.29 is 23.4 Å². The summed E-state index contributed by atoms with van der Waals surface area (Å²) in [7, 11) is 1.70. The Morgan fingerprint density at radius 3 is 2.69 bits per heavy atom. The maximum atomic E-state index is 14.8. The maximum Gasteiger partial charge on any atom is 0.319 e. The molecule has 2 saturated heterocycles. The number of aromatic nitrogens is 5. The molecule has 12 nitrogen and oxygen atoms in total. The van der Waals surface area contributed by atoms with Crippen LogP contribution >= 0.6 is 23.2 Å². The van der Waals surface area contributed by atoms with E-state index < -0.39 is 5.82 Å². The molecule has 0 spiro atoms. The zero-order valence-electron chi connectivity index (χ0n) is 24.9. The van der Waals surface area contributed by atoms with Gasteiger partial charge in [0, 0.05) is 64.9 Å². The van der Waals surface area contributed by atoms with Gasteiger partial charge in [-0.25, -0.2) is 4.39 Å². The smallest absolute Gasteiger partial charge is 0.319 e. The number of likely N-dealkylation sites (tertiary alicyclic amines) is 1. The number of hydrogen-bond acceptors (Lipinski definition) is 10. The van der Waals surface area contributed by atoms with Gasteiger partial charge in [0.2, 0.25) is 11.8 Å². The zero-order chi connectivity index (χ0) is 31.7. The Balaban J connectivity index is 1.40. The Morgan fingerprint density at radius 2 is 1.96 bits per heavy atom. The van der Waals surface area contributed by atoms with Crippen LogP contribution in [0.2, 0.25) is 10.2 Å². The molecule has 5 heterocycles. The molecule has 2 atom stereocenters. The summed E-state index contributed by atoms with van der Waals surface area (Å²) in [5, 5.41) is 7.62. The third-order valence-corrected chi connectivity index (χ3v) is 8.76. The second-order valence-corrected chi connectivity index (χ2v) is 11.9. The van der Waals surface area contributed by atoms with E-state index in [1.54, 1.807) is 18.1 Å². The Labute approximate surface area is 269 Å². The molecule has 238 valence electrons. The van der Waals surface area contributed by atoms with E-state index in [0.29, 0.717) is 60.4 Å². The Morgan fingerprint density at radius 1 is 1.16 bits per heavy atom. The highest BCUT2D eigenvalue weighted by molar-refractivity contribution is 6.33. The first kappa shape index (κ1) is 31.2. The van der Waals surface area contributed by atoms with Gasteiger partial charge in [-0.05, 0) is 18.6 Å². The molecule has 1 aromatic carbocycles. The minimum Gasteiger partial charge on any atom is -0.460 e. The largest absolute Gasteiger partial charge is 0.460 e. The predicted octanol–water partition coefficient (Wildman–Crippen LogP) is 4.71. The molecule has 2 fully saturated rings. The summed E-state index contributed by atoms with van der Waals surface area (Å²) in [6.45, 7) is 10.9. The summed E-state index contributed by atoms with van der Waals surface area (Å²) >= 11 is 12.9. The second-order valence-electron chi connectivity index (χ2n) is 11.1. The number of fused-ring (bicyclic) bond motifs is 2. The molecule has 2 aliphatic rings. The number of rotatable bonds is 9. The molecule has 6 rings (SSSR count). The van der Waals surface area contributed by atoms with Crippen molar-refractivity contribution in [3.8, 4) is 17.6 Å². The second kappa shape index (κ2) is 13.3. The minimum atomic E-state index is -0.688. The van der Waals surface area contributed by atoms with Crippen molar-refractivity contribution in [2.24, 2.45) is 5.92 Å². The van der Waals surface area contributed by atoms with Gasteiger partial charge in [0.1, 0.15) is 33.4 Å². The normalized spacial score (nSPS) is 19.3. The van der Waals surface area contributed by atoms with Gasteiger partial charge in [0.15, 0.2) is 5.75 Å². The number of aromatic amines is 1. The number of carbonyl (C=O) groups is 1. The van der Waals surface area contributed by atoms with E-state index in [2.05, 4.69) is 33.6 Å². The van der Waals surface area contributed by atoms with E-state index in [1.165, 1.54) is 18.3 Å². The summed E-state index contributed by atoms with van der Waals surface area (Å²) in [6, 6.07) is 3.05. The molecule has 0 radical (unpaired) electrons. The first-order valence-electron chi connectivity index (χ1n) is 14.7. The van der Waals surface area contributed by atoms with Crippen LogP contribution in [0.5, 0.6) is 17.6 Å². The standard InChI is InChI=1S/C30H33Cl2FN8O4/c1-4-24(42)40-7-9-41(10-8-40)28-18-13-23(31)35-29(45-27-19-15-34-38-21(19)14-20(33)25(27)32)26(18)36-30(37-28)44-22-5-6-39(11-12-43-3)16-17(22)2/h4,13-15,17,22H,1,5-12,16H2,2-3H3,(H,34,38)/t17-,22?/m1/s1. The Hall–Kier alpha value is -3.78. The van der Waals surface area contributed by atoms with Gasteiger partial charge in [-0.2, -0.15) is 20.1 Å². The van der Waals surface area contributed by atoms with Gasteiger partial charge in [-0.1, -0.05) is 36.7 Å². The minimum absolute atomic E-state index is 0.00362. The molecule has 0 bridgehead atoms. The summed E-state index contributed by atoms with van der Waals surface area (Å²) < 4.78 is 32.7. The van der Waals surface area contributed by atoms with Crippen molar-refractivity contribution in [2.75, 3.05) is 64.4 Å². The molecular weight excluding hydrogens is 626 g/mol.